The van der Waals surface area contributed by atoms with Gasteiger partial charge in [0, 0.05) is 23.7 Å². The molecule has 3 aromatic rings. The molecule has 3 heterocycles. The Labute approximate surface area is 130 Å². The van der Waals surface area contributed by atoms with Gasteiger partial charge in [-0.15, -0.1) is 10.2 Å². The standard InChI is InChI=1S/C15H12N6S/c16-13-6-9(3-4-18-13)14-20-21-15(22-14)19-12-2-1-10-7-17-8-11(10)5-12/h1-6,8H,7H2,(H2,16,18)(H,19,21). The summed E-state index contributed by atoms with van der Waals surface area (Å²) < 4.78 is 0. The lowest BCUT2D eigenvalue weighted by atomic mass is 10.1. The summed E-state index contributed by atoms with van der Waals surface area (Å²) in [5.74, 6) is 0.472. The minimum atomic E-state index is 0.472. The van der Waals surface area contributed by atoms with E-state index >= 15 is 0 Å². The van der Waals surface area contributed by atoms with Crippen molar-refractivity contribution in [2.45, 2.75) is 6.54 Å². The lowest BCUT2D eigenvalue weighted by Crippen LogP contribution is -1.92. The number of hydrogen-bond donors (Lipinski definition) is 2. The summed E-state index contributed by atoms with van der Waals surface area (Å²) in [6.07, 6.45) is 3.56. The molecule has 1 aliphatic heterocycles. The van der Waals surface area contributed by atoms with Crippen LogP contribution in [0.4, 0.5) is 16.6 Å². The molecule has 0 atom stereocenters. The molecule has 0 saturated carbocycles. The average Bonchev–Trinajstić information content (AvgIpc) is 3.16. The van der Waals surface area contributed by atoms with Crippen molar-refractivity contribution in [3.8, 4) is 10.6 Å². The molecule has 0 saturated heterocycles. The van der Waals surface area contributed by atoms with Gasteiger partial charge < -0.3 is 11.1 Å². The lowest BCUT2D eigenvalue weighted by Gasteiger charge is -2.03. The predicted molar refractivity (Wildman–Crippen MR) is 88.6 cm³/mol. The second-order valence-electron chi connectivity index (χ2n) is 4.89. The minimum absolute atomic E-state index is 0.472. The van der Waals surface area contributed by atoms with Gasteiger partial charge in [0.05, 0.1) is 6.54 Å². The Hall–Kier alpha value is -2.80. The molecule has 6 nitrogen and oxygen atoms in total. The van der Waals surface area contributed by atoms with Crippen LogP contribution in [0.3, 0.4) is 0 Å². The molecule has 0 fully saturated rings. The third kappa shape index (κ3) is 2.42. The number of rotatable bonds is 3. The van der Waals surface area contributed by atoms with E-state index in [0.717, 1.165) is 33.5 Å². The second-order valence-corrected chi connectivity index (χ2v) is 5.87. The second kappa shape index (κ2) is 5.19. The topological polar surface area (TPSA) is 89.1 Å². The monoisotopic (exact) mass is 308 g/mol. The maximum atomic E-state index is 5.70. The number of aliphatic imine (C=N–C) groups is 1. The summed E-state index contributed by atoms with van der Waals surface area (Å²) in [5.41, 5.74) is 9.98. The van der Waals surface area contributed by atoms with Crippen LogP contribution in [0, 0.1) is 0 Å². The molecule has 2 aromatic heterocycles. The molecule has 22 heavy (non-hydrogen) atoms. The van der Waals surface area contributed by atoms with Crippen LogP contribution in [-0.4, -0.2) is 21.4 Å². The molecule has 7 heteroatoms. The van der Waals surface area contributed by atoms with Crippen molar-refractivity contribution >= 4 is 34.2 Å². The molecule has 0 radical (unpaired) electrons. The van der Waals surface area contributed by atoms with E-state index in [1.54, 1.807) is 12.3 Å². The Morgan fingerprint density at radius 1 is 1.14 bits per heavy atom. The fourth-order valence-electron chi connectivity index (χ4n) is 2.27. The Morgan fingerprint density at radius 2 is 2.09 bits per heavy atom. The first-order valence-electron chi connectivity index (χ1n) is 6.73. The average molecular weight is 308 g/mol. The summed E-state index contributed by atoms with van der Waals surface area (Å²) in [6, 6.07) is 9.83. The zero-order valence-corrected chi connectivity index (χ0v) is 12.3. The van der Waals surface area contributed by atoms with Crippen molar-refractivity contribution in [1.82, 2.24) is 15.2 Å². The van der Waals surface area contributed by atoms with E-state index in [2.05, 4.69) is 37.6 Å². The molecule has 0 aliphatic carbocycles. The third-order valence-electron chi connectivity index (χ3n) is 3.34. The maximum absolute atomic E-state index is 5.70. The van der Waals surface area contributed by atoms with Gasteiger partial charge in [-0.1, -0.05) is 17.4 Å². The number of nitrogens with two attached hydrogens (primary N) is 1. The molecule has 0 bridgehead atoms. The van der Waals surface area contributed by atoms with Crippen LogP contribution in [0.2, 0.25) is 0 Å². The summed E-state index contributed by atoms with van der Waals surface area (Å²) in [4.78, 5) is 8.23. The number of aromatic nitrogens is 3. The first kappa shape index (κ1) is 12.9. The summed E-state index contributed by atoms with van der Waals surface area (Å²) >= 11 is 1.47. The lowest BCUT2D eigenvalue weighted by molar-refractivity contribution is 1.09. The zero-order valence-electron chi connectivity index (χ0n) is 11.5. The van der Waals surface area contributed by atoms with Crippen molar-refractivity contribution < 1.29 is 0 Å². The first-order chi connectivity index (χ1) is 10.8. The van der Waals surface area contributed by atoms with Gasteiger partial charge in [0.25, 0.3) is 0 Å². The Balaban J connectivity index is 1.58. The molecule has 0 spiro atoms. The number of nitrogen functional groups attached to an aromatic ring is 1. The predicted octanol–water partition coefficient (Wildman–Crippen LogP) is 2.86. The van der Waals surface area contributed by atoms with Gasteiger partial charge in [0.15, 0.2) is 0 Å². The summed E-state index contributed by atoms with van der Waals surface area (Å²) in [7, 11) is 0. The largest absolute Gasteiger partial charge is 0.384 e. The maximum Gasteiger partial charge on any atom is 0.210 e. The van der Waals surface area contributed by atoms with E-state index in [1.165, 1.54) is 16.9 Å². The number of nitrogens with zero attached hydrogens (tertiary/aromatic N) is 4. The van der Waals surface area contributed by atoms with Crippen LogP contribution in [0.25, 0.3) is 10.6 Å². The number of nitrogens with one attached hydrogen (secondary N) is 1. The number of fused-ring (bicyclic) bond motifs is 1. The van der Waals surface area contributed by atoms with Crippen molar-refractivity contribution in [2.75, 3.05) is 11.1 Å². The molecule has 0 amide bonds. The highest BCUT2D eigenvalue weighted by molar-refractivity contribution is 7.18. The van der Waals surface area contributed by atoms with E-state index in [0.29, 0.717) is 5.82 Å². The van der Waals surface area contributed by atoms with Gasteiger partial charge in [-0.05, 0) is 35.4 Å². The van der Waals surface area contributed by atoms with Crippen LogP contribution in [0.1, 0.15) is 11.1 Å². The van der Waals surface area contributed by atoms with E-state index in [-0.39, 0.29) is 0 Å². The fraction of sp³-hybridized carbons (Fsp3) is 0.0667. The van der Waals surface area contributed by atoms with Gasteiger partial charge in [-0.3, -0.25) is 4.99 Å². The third-order valence-corrected chi connectivity index (χ3v) is 4.23. The molecule has 4 rings (SSSR count). The Morgan fingerprint density at radius 3 is 3.00 bits per heavy atom. The highest BCUT2D eigenvalue weighted by Crippen LogP contribution is 2.29. The molecule has 1 aliphatic rings. The first-order valence-corrected chi connectivity index (χ1v) is 7.55. The number of benzene rings is 1. The molecule has 3 N–H and O–H groups in total. The van der Waals surface area contributed by atoms with E-state index in [1.807, 2.05) is 18.3 Å². The Bertz CT molecular complexity index is 870. The molecule has 108 valence electrons. The molecular formula is C15H12N6S. The fourth-order valence-corrected chi connectivity index (χ4v) is 3.03. The molecule has 1 aromatic carbocycles. The van der Waals surface area contributed by atoms with Crippen molar-refractivity contribution in [3.63, 3.8) is 0 Å². The van der Waals surface area contributed by atoms with E-state index in [4.69, 9.17) is 5.73 Å². The summed E-state index contributed by atoms with van der Waals surface area (Å²) in [5, 5.41) is 13.2. The SMILES string of the molecule is Nc1cc(-c2nnc(Nc3ccc4c(c3)C=NC4)s2)ccn1. The highest BCUT2D eigenvalue weighted by atomic mass is 32.1. The normalized spacial score (nSPS) is 12.4. The van der Waals surface area contributed by atoms with E-state index in [9.17, 15) is 0 Å². The van der Waals surface area contributed by atoms with Crippen molar-refractivity contribution in [3.05, 3.63) is 47.7 Å². The van der Waals surface area contributed by atoms with Gasteiger partial charge in [-0.25, -0.2) is 4.98 Å². The van der Waals surface area contributed by atoms with Crippen LogP contribution >= 0.6 is 11.3 Å². The number of hydrogen-bond acceptors (Lipinski definition) is 7. The van der Waals surface area contributed by atoms with Gasteiger partial charge in [0.1, 0.15) is 10.8 Å². The molecule has 0 unspecified atom stereocenters. The van der Waals surface area contributed by atoms with Gasteiger partial charge >= 0.3 is 0 Å². The Kier molecular flexibility index (Phi) is 3.05. The minimum Gasteiger partial charge on any atom is -0.384 e. The van der Waals surface area contributed by atoms with Crippen molar-refractivity contribution in [1.29, 1.82) is 0 Å². The smallest absolute Gasteiger partial charge is 0.210 e. The van der Waals surface area contributed by atoms with Crippen LogP contribution < -0.4 is 11.1 Å². The van der Waals surface area contributed by atoms with Crippen molar-refractivity contribution in [2.24, 2.45) is 4.99 Å². The van der Waals surface area contributed by atoms with E-state index < -0.39 is 0 Å². The zero-order chi connectivity index (χ0) is 14.9. The van der Waals surface area contributed by atoms with Gasteiger partial charge in [-0.2, -0.15) is 0 Å². The quantitative estimate of drug-likeness (QED) is 0.776. The summed E-state index contributed by atoms with van der Waals surface area (Å²) in [6.45, 7) is 0.766. The number of pyridine rings is 1. The van der Waals surface area contributed by atoms with Crippen LogP contribution in [0.15, 0.2) is 41.5 Å². The van der Waals surface area contributed by atoms with Gasteiger partial charge in [0.2, 0.25) is 5.13 Å². The highest BCUT2D eigenvalue weighted by Gasteiger charge is 2.10. The number of anilines is 3. The van der Waals surface area contributed by atoms with Crippen LogP contribution in [0.5, 0.6) is 0 Å². The van der Waals surface area contributed by atoms with Crippen LogP contribution in [-0.2, 0) is 6.54 Å². The molecular weight excluding hydrogens is 296 g/mol.